The Morgan fingerprint density at radius 3 is 2.60 bits per heavy atom. The SMILES string of the molecule is Cc1nsc2ncc(C(=O)N3CCCCC3)c(N3CCC(C(=O)NCc4ccccc4Cl)CC3)c12. The number of nitrogens with one attached hydrogen (secondary N) is 1. The van der Waals surface area contributed by atoms with Crippen molar-refractivity contribution < 1.29 is 9.59 Å². The normalized spacial score (nSPS) is 17.1. The number of nitrogens with zero attached hydrogens (tertiary/aromatic N) is 4. The van der Waals surface area contributed by atoms with Crippen molar-refractivity contribution in [2.45, 2.75) is 45.6 Å². The molecule has 1 N–H and O–H groups in total. The summed E-state index contributed by atoms with van der Waals surface area (Å²) in [5.74, 6) is 0.0516. The van der Waals surface area contributed by atoms with Crippen LogP contribution in [0.2, 0.25) is 5.02 Å². The van der Waals surface area contributed by atoms with Crippen molar-refractivity contribution in [3.63, 3.8) is 0 Å². The second kappa shape index (κ2) is 10.5. The zero-order valence-corrected chi connectivity index (χ0v) is 21.5. The van der Waals surface area contributed by atoms with Crippen LogP contribution in [0.25, 0.3) is 10.2 Å². The molecular weight excluding hydrogens is 482 g/mol. The van der Waals surface area contributed by atoms with E-state index in [0.717, 1.165) is 65.9 Å². The fourth-order valence-electron chi connectivity index (χ4n) is 5.12. The average Bonchev–Trinajstić information content (AvgIpc) is 3.28. The molecule has 0 unspecified atom stereocenters. The summed E-state index contributed by atoms with van der Waals surface area (Å²) in [6, 6.07) is 7.57. The van der Waals surface area contributed by atoms with Crippen molar-refractivity contribution in [1.29, 1.82) is 0 Å². The number of halogens is 1. The largest absolute Gasteiger partial charge is 0.370 e. The molecule has 2 aliphatic heterocycles. The van der Waals surface area contributed by atoms with Gasteiger partial charge in [-0.05, 0) is 62.2 Å². The predicted molar refractivity (Wildman–Crippen MR) is 140 cm³/mol. The van der Waals surface area contributed by atoms with Gasteiger partial charge >= 0.3 is 0 Å². The highest BCUT2D eigenvalue weighted by atomic mass is 35.5. The number of hydrogen-bond acceptors (Lipinski definition) is 6. The first kappa shape index (κ1) is 24.0. The van der Waals surface area contributed by atoms with E-state index in [2.05, 4.69) is 19.6 Å². The minimum atomic E-state index is -0.0611. The summed E-state index contributed by atoms with van der Waals surface area (Å²) in [4.78, 5) is 36.1. The number of hydrogen-bond donors (Lipinski definition) is 1. The molecule has 3 aromatic rings. The van der Waals surface area contributed by atoms with Crippen molar-refractivity contribution in [1.82, 2.24) is 19.6 Å². The molecule has 2 amide bonds. The van der Waals surface area contributed by atoms with Crippen molar-refractivity contribution in [2.75, 3.05) is 31.1 Å². The Morgan fingerprint density at radius 2 is 1.86 bits per heavy atom. The molecule has 2 aromatic heterocycles. The van der Waals surface area contributed by atoms with E-state index < -0.39 is 0 Å². The topological polar surface area (TPSA) is 78.4 Å². The number of fused-ring (bicyclic) bond motifs is 1. The van der Waals surface area contributed by atoms with E-state index in [1.165, 1.54) is 18.0 Å². The van der Waals surface area contributed by atoms with Gasteiger partial charge in [0.05, 0.1) is 22.3 Å². The zero-order valence-electron chi connectivity index (χ0n) is 19.9. The van der Waals surface area contributed by atoms with Crippen LogP contribution in [0.4, 0.5) is 5.69 Å². The number of rotatable bonds is 5. The number of carbonyl (C=O) groups is 2. The van der Waals surface area contributed by atoms with Gasteiger partial charge in [0.25, 0.3) is 5.91 Å². The molecule has 2 saturated heterocycles. The highest BCUT2D eigenvalue weighted by Gasteiger charge is 2.31. The second-order valence-electron chi connectivity index (χ2n) is 9.39. The lowest BCUT2D eigenvalue weighted by Gasteiger charge is -2.35. The maximum atomic E-state index is 13.5. The monoisotopic (exact) mass is 511 g/mol. The van der Waals surface area contributed by atoms with E-state index >= 15 is 0 Å². The van der Waals surface area contributed by atoms with Crippen LogP contribution in [-0.2, 0) is 11.3 Å². The fourth-order valence-corrected chi connectivity index (χ4v) is 6.08. The Kier molecular flexibility index (Phi) is 7.20. The van der Waals surface area contributed by atoms with Gasteiger partial charge in [-0.15, -0.1) is 0 Å². The molecule has 0 bridgehead atoms. The number of aromatic nitrogens is 2. The van der Waals surface area contributed by atoms with Gasteiger partial charge < -0.3 is 15.1 Å². The Hall–Kier alpha value is -2.71. The van der Waals surface area contributed by atoms with Crippen LogP contribution in [0, 0.1) is 12.8 Å². The second-order valence-corrected chi connectivity index (χ2v) is 10.6. The van der Waals surface area contributed by atoms with Gasteiger partial charge in [-0.1, -0.05) is 29.8 Å². The first-order valence-electron chi connectivity index (χ1n) is 12.3. The maximum absolute atomic E-state index is 13.5. The number of aryl methyl sites for hydroxylation is 1. The molecule has 7 nitrogen and oxygen atoms in total. The van der Waals surface area contributed by atoms with Crippen molar-refractivity contribution in [3.05, 3.63) is 52.3 Å². The van der Waals surface area contributed by atoms with Crippen LogP contribution < -0.4 is 10.2 Å². The molecule has 0 atom stereocenters. The van der Waals surface area contributed by atoms with Crippen molar-refractivity contribution in [3.8, 4) is 0 Å². The number of benzene rings is 1. The summed E-state index contributed by atoms with van der Waals surface area (Å²) in [6.45, 7) is 5.42. The van der Waals surface area contributed by atoms with Crippen LogP contribution in [0.15, 0.2) is 30.5 Å². The summed E-state index contributed by atoms with van der Waals surface area (Å²) in [6.07, 6.45) is 6.45. The molecule has 184 valence electrons. The van der Waals surface area contributed by atoms with Gasteiger partial charge in [0.2, 0.25) is 5.91 Å². The van der Waals surface area contributed by atoms with E-state index in [9.17, 15) is 9.59 Å². The van der Waals surface area contributed by atoms with E-state index in [0.29, 0.717) is 30.2 Å². The van der Waals surface area contributed by atoms with Crippen LogP contribution in [0.1, 0.15) is 53.7 Å². The first-order chi connectivity index (χ1) is 17.0. The lowest BCUT2D eigenvalue weighted by Crippen LogP contribution is -2.42. The molecule has 0 saturated carbocycles. The molecule has 0 aliphatic carbocycles. The Labute approximate surface area is 214 Å². The van der Waals surface area contributed by atoms with E-state index in [-0.39, 0.29) is 17.7 Å². The minimum absolute atomic E-state index is 0.0549. The number of carbonyl (C=O) groups excluding carboxylic acids is 2. The minimum Gasteiger partial charge on any atom is -0.370 e. The third kappa shape index (κ3) is 5.00. The summed E-state index contributed by atoms with van der Waals surface area (Å²) in [7, 11) is 0. The summed E-state index contributed by atoms with van der Waals surface area (Å²) in [5.41, 5.74) is 3.41. The lowest BCUT2D eigenvalue weighted by molar-refractivity contribution is -0.125. The van der Waals surface area contributed by atoms with Crippen LogP contribution in [0.3, 0.4) is 0 Å². The average molecular weight is 512 g/mol. The van der Waals surface area contributed by atoms with Gasteiger partial charge in [-0.25, -0.2) is 4.98 Å². The molecule has 5 rings (SSSR count). The van der Waals surface area contributed by atoms with Crippen molar-refractivity contribution >= 4 is 50.9 Å². The fraction of sp³-hybridized carbons (Fsp3) is 0.462. The number of likely N-dealkylation sites (tertiary alicyclic amines) is 1. The highest BCUT2D eigenvalue weighted by molar-refractivity contribution is 7.13. The number of amides is 2. The Bertz CT molecular complexity index is 1230. The van der Waals surface area contributed by atoms with Gasteiger partial charge in [0.15, 0.2) is 0 Å². The quantitative estimate of drug-likeness (QED) is 0.531. The standard InChI is InChI=1S/C26H30ClN5O2S/c1-17-22-23(20(16-29-25(22)35-30-17)26(34)32-11-5-2-6-12-32)31-13-9-18(10-14-31)24(33)28-15-19-7-3-4-8-21(19)27/h3-4,7-8,16,18H,2,5-6,9-15H2,1H3,(H,28,33). The third-order valence-electron chi connectivity index (χ3n) is 7.11. The Balaban J connectivity index is 1.32. The zero-order chi connectivity index (χ0) is 24.4. The molecule has 9 heteroatoms. The third-order valence-corrected chi connectivity index (χ3v) is 8.33. The summed E-state index contributed by atoms with van der Waals surface area (Å²) in [5, 5.41) is 4.68. The predicted octanol–water partition coefficient (Wildman–Crippen LogP) is 4.81. The van der Waals surface area contributed by atoms with E-state index in [1.807, 2.05) is 36.1 Å². The van der Waals surface area contributed by atoms with Crippen LogP contribution >= 0.6 is 23.1 Å². The summed E-state index contributed by atoms with van der Waals surface area (Å²) < 4.78 is 4.52. The Morgan fingerprint density at radius 1 is 1.11 bits per heavy atom. The lowest BCUT2D eigenvalue weighted by atomic mass is 9.94. The molecule has 0 radical (unpaired) electrons. The molecule has 2 aliphatic rings. The smallest absolute Gasteiger partial charge is 0.257 e. The maximum Gasteiger partial charge on any atom is 0.257 e. The van der Waals surface area contributed by atoms with E-state index in [4.69, 9.17) is 11.6 Å². The number of anilines is 1. The molecule has 0 spiro atoms. The van der Waals surface area contributed by atoms with Crippen molar-refractivity contribution in [2.24, 2.45) is 5.92 Å². The number of pyridine rings is 1. The van der Waals surface area contributed by atoms with Gasteiger partial charge in [0.1, 0.15) is 4.83 Å². The van der Waals surface area contributed by atoms with Crippen LogP contribution in [0.5, 0.6) is 0 Å². The number of piperidine rings is 2. The summed E-state index contributed by atoms with van der Waals surface area (Å²) >= 11 is 7.60. The van der Waals surface area contributed by atoms with Crippen LogP contribution in [-0.4, -0.2) is 52.3 Å². The molecule has 1 aromatic carbocycles. The van der Waals surface area contributed by atoms with Gasteiger partial charge in [-0.2, -0.15) is 4.37 Å². The molecular formula is C26H30ClN5O2S. The van der Waals surface area contributed by atoms with E-state index in [1.54, 1.807) is 6.20 Å². The highest BCUT2D eigenvalue weighted by Crippen LogP contribution is 2.37. The molecule has 4 heterocycles. The van der Waals surface area contributed by atoms with Gasteiger partial charge in [-0.3, -0.25) is 9.59 Å². The molecule has 35 heavy (non-hydrogen) atoms. The van der Waals surface area contributed by atoms with Gasteiger partial charge in [0, 0.05) is 49.9 Å². The first-order valence-corrected chi connectivity index (χ1v) is 13.5. The molecule has 2 fully saturated rings.